The van der Waals surface area contributed by atoms with Gasteiger partial charge in [-0.1, -0.05) is 0 Å². The highest BCUT2D eigenvalue weighted by Gasteiger charge is 2.32. The number of esters is 1. The summed E-state index contributed by atoms with van der Waals surface area (Å²) in [7, 11) is 1.28. The van der Waals surface area contributed by atoms with Gasteiger partial charge in [0.1, 0.15) is 11.3 Å². The van der Waals surface area contributed by atoms with Gasteiger partial charge in [0.15, 0.2) is 0 Å². The molecular weight excluding hydrogens is 391 g/mol. The summed E-state index contributed by atoms with van der Waals surface area (Å²) in [6, 6.07) is 3.63. The first-order chi connectivity index (χ1) is 13.7. The van der Waals surface area contributed by atoms with Gasteiger partial charge in [0.25, 0.3) is 5.91 Å². The van der Waals surface area contributed by atoms with Crippen molar-refractivity contribution in [3.8, 4) is 5.75 Å². The Morgan fingerprint density at radius 1 is 1.28 bits per heavy atom. The summed E-state index contributed by atoms with van der Waals surface area (Å²) in [6.45, 7) is 2.09. The van der Waals surface area contributed by atoms with Crippen LogP contribution in [-0.4, -0.2) is 35.1 Å². The van der Waals surface area contributed by atoms with Crippen molar-refractivity contribution in [1.82, 2.24) is 15.1 Å². The second-order valence-electron chi connectivity index (χ2n) is 6.65. The van der Waals surface area contributed by atoms with E-state index in [1.54, 1.807) is 4.68 Å². The van der Waals surface area contributed by atoms with Crippen LogP contribution in [0, 0.1) is 6.92 Å². The summed E-state index contributed by atoms with van der Waals surface area (Å²) in [5.41, 5.74) is 1.88. The number of benzene rings is 1. The molecule has 10 heteroatoms. The summed E-state index contributed by atoms with van der Waals surface area (Å²) in [4.78, 5) is 24.6. The molecule has 0 saturated heterocycles. The van der Waals surface area contributed by atoms with Crippen LogP contribution in [0.25, 0.3) is 0 Å². The largest absolute Gasteiger partial charge is 0.573 e. The monoisotopic (exact) mass is 411 g/mol. The fourth-order valence-corrected chi connectivity index (χ4v) is 3.30. The van der Waals surface area contributed by atoms with E-state index in [-0.39, 0.29) is 23.4 Å². The summed E-state index contributed by atoms with van der Waals surface area (Å²) in [5, 5.41) is 7.07. The molecule has 3 rings (SSSR count). The molecule has 0 aliphatic carbocycles. The lowest BCUT2D eigenvalue weighted by Gasteiger charge is -2.13. The van der Waals surface area contributed by atoms with Gasteiger partial charge in [0.05, 0.1) is 25.0 Å². The van der Waals surface area contributed by atoms with Crippen LogP contribution >= 0.6 is 0 Å². The minimum absolute atomic E-state index is 0.0108. The van der Waals surface area contributed by atoms with E-state index in [0.29, 0.717) is 24.2 Å². The Bertz CT molecular complexity index is 938. The van der Waals surface area contributed by atoms with Gasteiger partial charge in [0.2, 0.25) is 0 Å². The van der Waals surface area contributed by atoms with E-state index in [1.165, 1.54) is 26.2 Å². The number of hydrogen-bond acceptors (Lipinski definition) is 5. The molecule has 1 N–H and O–H groups in total. The molecule has 0 radical (unpaired) electrons. The summed E-state index contributed by atoms with van der Waals surface area (Å²) in [5.74, 6) is -1.39. The van der Waals surface area contributed by atoms with Crippen LogP contribution in [0.2, 0.25) is 0 Å². The van der Waals surface area contributed by atoms with Crippen molar-refractivity contribution in [2.45, 2.75) is 45.6 Å². The Morgan fingerprint density at radius 2 is 2.03 bits per heavy atom. The lowest BCUT2D eigenvalue weighted by atomic mass is 10.0. The lowest BCUT2D eigenvalue weighted by Crippen LogP contribution is -2.24. The number of aryl methyl sites for hydroxylation is 2. The maximum absolute atomic E-state index is 12.4. The van der Waals surface area contributed by atoms with Gasteiger partial charge in [0, 0.05) is 12.1 Å². The Kier molecular flexibility index (Phi) is 5.81. The van der Waals surface area contributed by atoms with Crippen molar-refractivity contribution in [3.63, 3.8) is 0 Å². The molecule has 1 amide bonds. The number of fused-ring (bicyclic) bond motifs is 1. The average Bonchev–Trinajstić information content (AvgIpc) is 3.04. The van der Waals surface area contributed by atoms with Gasteiger partial charge in [-0.2, -0.15) is 5.10 Å². The van der Waals surface area contributed by atoms with E-state index in [2.05, 4.69) is 15.2 Å². The van der Waals surface area contributed by atoms with E-state index < -0.39 is 18.2 Å². The van der Waals surface area contributed by atoms with Crippen molar-refractivity contribution in [1.29, 1.82) is 0 Å². The van der Waals surface area contributed by atoms with Crippen LogP contribution in [0.15, 0.2) is 18.2 Å². The van der Waals surface area contributed by atoms with E-state index in [0.717, 1.165) is 24.6 Å². The minimum atomic E-state index is -4.81. The second kappa shape index (κ2) is 8.14. The second-order valence-corrected chi connectivity index (χ2v) is 6.65. The number of nitrogens with one attached hydrogen (secondary N) is 1. The Labute approximate surface area is 164 Å². The first-order valence-corrected chi connectivity index (χ1v) is 9.01. The Morgan fingerprint density at radius 3 is 2.69 bits per heavy atom. The van der Waals surface area contributed by atoms with E-state index in [4.69, 9.17) is 4.74 Å². The summed E-state index contributed by atoms with van der Waals surface area (Å²) in [6.07, 6.45) is -2.22. The number of alkyl halides is 3. The number of nitrogens with zero attached hydrogens (tertiary/aromatic N) is 2. The molecule has 1 aromatic heterocycles. The van der Waals surface area contributed by atoms with Crippen molar-refractivity contribution in [2.75, 3.05) is 7.11 Å². The third kappa shape index (κ3) is 4.69. The molecular formula is C19H20F3N3O4. The fraction of sp³-hybridized carbons (Fsp3) is 0.421. The molecule has 0 unspecified atom stereocenters. The number of carbonyl (C=O) groups excluding carboxylic acids is 2. The topological polar surface area (TPSA) is 82.4 Å². The highest BCUT2D eigenvalue weighted by molar-refractivity contribution is 5.95. The zero-order valence-corrected chi connectivity index (χ0v) is 15.9. The average molecular weight is 411 g/mol. The Balaban J connectivity index is 1.75. The first kappa shape index (κ1) is 20.7. The summed E-state index contributed by atoms with van der Waals surface area (Å²) >= 11 is 0. The van der Waals surface area contributed by atoms with Crippen molar-refractivity contribution in [2.24, 2.45) is 0 Å². The molecule has 0 spiro atoms. The molecule has 0 bridgehead atoms. The first-order valence-electron chi connectivity index (χ1n) is 9.01. The van der Waals surface area contributed by atoms with E-state index >= 15 is 0 Å². The van der Waals surface area contributed by atoms with Crippen LogP contribution in [0.3, 0.4) is 0 Å². The van der Waals surface area contributed by atoms with Gasteiger partial charge in [-0.15, -0.1) is 13.2 Å². The smallest absolute Gasteiger partial charge is 0.465 e. The van der Waals surface area contributed by atoms with Gasteiger partial charge in [-0.05, 0) is 49.9 Å². The molecule has 2 aromatic rings. The SMILES string of the molecule is COC(=O)c1c(CNC(=O)c2ccc(OC(F)(F)F)c(C)c2)nn2c1CCCC2. The number of hydrogen-bond donors (Lipinski definition) is 1. The number of methoxy groups -OCH3 is 1. The summed E-state index contributed by atoms with van der Waals surface area (Å²) < 4.78 is 47.6. The van der Waals surface area contributed by atoms with Crippen LogP contribution in [0.4, 0.5) is 13.2 Å². The molecule has 7 nitrogen and oxygen atoms in total. The van der Waals surface area contributed by atoms with Gasteiger partial charge in [-0.3, -0.25) is 9.48 Å². The third-order valence-electron chi connectivity index (χ3n) is 4.63. The minimum Gasteiger partial charge on any atom is -0.465 e. The maximum Gasteiger partial charge on any atom is 0.573 e. The van der Waals surface area contributed by atoms with Gasteiger partial charge in [-0.25, -0.2) is 4.79 Å². The molecule has 0 saturated carbocycles. The standard InChI is InChI=1S/C19H20F3N3O4/c1-11-9-12(6-7-15(11)29-19(20,21)22)17(26)23-10-13-16(18(27)28-2)14-5-3-4-8-25(14)24-13/h6-7,9H,3-5,8,10H2,1-2H3,(H,23,26). The fourth-order valence-electron chi connectivity index (χ4n) is 3.30. The third-order valence-corrected chi connectivity index (χ3v) is 4.63. The predicted molar refractivity (Wildman–Crippen MR) is 95.5 cm³/mol. The molecule has 0 fully saturated rings. The van der Waals surface area contributed by atoms with E-state index in [9.17, 15) is 22.8 Å². The van der Waals surface area contributed by atoms with Crippen molar-refractivity contribution >= 4 is 11.9 Å². The number of amides is 1. The van der Waals surface area contributed by atoms with E-state index in [1.807, 2.05) is 0 Å². The molecule has 1 aliphatic heterocycles. The Hall–Kier alpha value is -3.04. The quantitative estimate of drug-likeness (QED) is 0.765. The molecule has 1 aromatic carbocycles. The van der Waals surface area contributed by atoms with Crippen LogP contribution < -0.4 is 10.1 Å². The van der Waals surface area contributed by atoms with Crippen molar-refractivity contribution < 1.29 is 32.2 Å². The number of aromatic nitrogens is 2. The molecule has 156 valence electrons. The number of rotatable bonds is 5. The van der Waals surface area contributed by atoms with Crippen LogP contribution in [-0.2, 0) is 24.2 Å². The van der Waals surface area contributed by atoms with Crippen LogP contribution in [0.5, 0.6) is 5.75 Å². The van der Waals surface area contributed by atoms with Crippen LogP contribution in [0.1, 0.15) is 50.5 Å². The molecule has 2 heterocycles. The predicted octanol–water partition coefficient (Wildman–Crippen LogP) is 3.14. The highest BCUT2D eigenvalue weighted by Crippen LogP contribution is 2.27. The highest BCUT2D eigenvalue weighted by atomic mass is 19.4. The van der Waals surface area contributed by atoms with Gasteiger partial charge >= 0.3 is 12.3 Å². The number of carbonyl (C=O) groups is 2. The number of ether oxygens (including phenoxy) is 2. The van der Waals surface area contributed by atoms with Gasteiger partial charge < -0.3 is 14.8 Å². The zero-order valence-electron chi connectivity index (χ0n) is 15.9. The molecule has 29 heavy (non-hydrogen) atoms. The normalized spacial score (nSPS) is 13.6. The molecule has 1 aliphatic rings. The lowest BCUT2D eigenvalue weighted by molar-refractivity contribution is -0.274. The molecule has 0 atom stereocenters. The number of halogens is 3. The van der Waals surface area contributed by atoms with Crippen molar-refractivity contribution in [3.05, 3.63) is 46.3 Å². The maximum atomic E-state index is 12.4. The zero-order chi connectivity index (χ0) is 21.2.